The minimum absolute atomic E-state index is 0.0140. The van der Waals surface area contributed by atoms with Crippen molar-refractivity contribution in [2.24, 2.45) is 0 Å². The molecule has 0 spiro atoms. The van der Waals surface area contributed by atoms with Gasteiger partial charge in [-0.2, -0.15) is 0 Å². The second-order valence-electron chi connectivity index (χ2n) is 6.22. The maximum Gasteiger partial charge on any atom is 0.243 e. The third-order valence-electron chi connectivity index (χ3n) is 4.06. The second-order valence-corrected chi connectivity index (χ2v) is 7.13. The van der Waals surface area contributed by atoms with Crippen LogP contribution in [0.4, 0.5) is 5.69 Å². The minimum atomic E-state index is -0.221. The maximum absolute atomic E-state index is 12.1. The van der Waals surface area contributed by atoms with Crippen molar-refractivity contribution in [3.05, 3.63) is 28.2 Å². The number of aryl methyl sites for hydroxylation is 1. The average Bonchev–Trinajstić information content (AvgIpc) is 3.07. The van der Waals surface area contributed by atoms with Crippen LogP contribution in [0, 0.1) is 6.92 Å². The summed E-state index contributed by atoms with van der Waals surface area (Å²) in [6.07, 6.45) is 2.51. The molecule has 1 fully saturated rings. The SMILES string of the molecule is Cc1cc(Br)ccc1NC(=O)CN(C)C(=O)CCOCC1CCCO1. The number of rotatable bonds is 8. The van der Waals surface area contributed by atoms with E-state index < -0.39 is 0 Å². The van der Waals surface area contributed by atoms with Gasteiger partial charge in [0.1, 0.15) is 0 Å². The molecular weight excluding hydrogens is 388 g/mol. The summed E-state index contributed by atoms with van der Waals surface area (Å²) in [4.78, 5) is 25.6. The molecule has 1 aliphatic rings. The van der Waals surface area contributed by atoms with Crippen LogP contribution in [0.5, 0.6) is 0 Å². The predicted molar refractivity (Wildman–Crippen MR) is 99.6 cm³/mol. The first-order valence-electron chi connectivity index (χ1n) is 8.45. The number of carbonyl (C=O) groups is 2. The molecule has 25 heavy (non-hydrogen) atoms. The summed E-state index contributed by atoms with van der Waals surface area (Å²) in [5.74, 6) is -0.337. The van der Waals surface area contributed by atoms with Crippen molar-refractivity contribution in [1.29, 1.82) is 0 Å². The van der Waals surface area contributed by atoms with E-state index in [1.54, 1.807) is 7.05 Å². The van der Waals surface area contributed by atoms with Gasteiger partial charge in [-0.15, -0.1) is 0 Å². The Labute approximate surface area is 157 Å². The van der Waals surface area contributed by atoms with Crippen LogP contribution < -0.4 is 5.32 Å². The van der Waals surface area contributed by atoms with Crippen molar-refractivity contribution in [2.75, 3.05) is 38.7 Å². The number of hydrogen-bond donors (Lipinski definition) is 1. The number of benzene rings is 1. The number of nitrogens with one attached hydrogen (secondary N) is 1. The van der Waals surface area contributed by atoms with Gasteiger partial charge in [0.25, 0.3) is 0 Å². The van der Waals surface area contributed by atoms with Crippen molar-refractivity contribution in [3.8, 4) is 0 Å². The first kappa shape index (κ1) is 19.9. The number of amides is 2. The third-order valence-corrected chi connectivity index (χ3v) is 4.55. The summed E-state index contributed by atoms with van der Waals surface area (Å²) in [6.45, 7) is 3.60. The second kappa shape index (κ2) is 9.89. The molecule has 1 unspecified atom stereocenters. The molecule has 1 aliphatic heterocycles. The lowest BCUT2D eigenvalue weighted by Crippen LogP contribution is -2.35. The Morgan fingerprint density at radius 1 is 1.44 bits per heavy atom. The summed E-state index contributed by atoms with van der Waals surface area (Å²) < 4.78 is 11.9. The molecule has 2 rings (SSSR count). The number of ether oxygens (including phenoxy) is 2. The van der Waals surface area contributed by atoms with E-state index in [1.807, 2.05) is 25.1 Å². The average molecular weight is 413 g/mol. The van der Waals surface area contributed by atoms with Crippen LogP contribution in [-0.2, 0) is 19.1 Å². The first-order valence-corrected chi connectivity index (χ1v) is 9.24. The lowest BCUT2D eigenvalue weighted by atomic mass is 10.2. The van der Waals surface area contributed by atoms with Crippen molar-refractivity contribution in [2.45, 2.75) is 32.3 Å². The molecule has 7 heteroatoms. The predicted octanol–water partition coefficient (Wildman–Crippen LogP) is 2.74. The van der Waals surface area contributed by atoms with Gasteiger partial charge in [-0.1, -0.05) is 15.9 Å². The van der Waals surface area contributed by atoms with Crippen molar-refractivity contribution in [1.82, 2.24) is 4.90 Å². The summed E-state index contributed by atoms with van der Waals surface area (Å²) in [7, 11) is 1.62. The van der Waals surface area contributed by atoms with E-state index in [4.69, 9.17) is 9.47 Å². The highest BCUT2D eigenvalue weighted by Crippen LogP contribution is 2.20. The Balaban J connectivity index is 1.67. The van der Waals surface area contributed by atoms with Crippen LogP contribution in [0.3, 0.4) is 0 Å². The molecule has 1 aromatic carbocycles. The van der Waals surface area contributed by atoms with E-state index in [0.29, 0.717) is 13.2 Å². The van der Waals surface area contributed by atoms with Crippen LogP contribution in [0.2, 0.25) is 0 Å². The monoisotopic (exact) mass is 412 g/mol. The van der Waals surface area contributed by atoms with Crippen molar-refractivity contribution < 1.29 is 19.1 Å². The van der Waals surface area contributed by atoms with Gasteiger partial charge >= 0.3 is 0 Å². The lowest BCUT2D eigenvalue weighted by Gasteiger charge is -2.18. The Morgan fingerprint density at radius 3 is 2.92 bits per heavy atom. The molecule has 1 aromatic rings. The van der Waals surface area contributed by atoms with Crippen LogP contribution in [0.1, 0.15) is 24.8 Å². The van der Waals surface area contributed by atoms with Crippen molar-refractivity contribution >= 4 is 33.4 Å². The highest BCUT2D eigenvalue weighted by molar-refractivity contribution is 9.10. The Morgan fingerprint density at radius 2 is 2.24 bits per heavy atom. The van der Waals surface area contributed by atoms with Crippen LogP contribution >= 0.6 is 15.9 Å². The van der Waals surface area contributed by atoms with Crippen LogP contribution in [0.15, 0.2) is 22.7 Å². The molecular formula is C18H25BrN2O4. The molecule has 2 amide bonds. The van der Waals surface area contributed by atoms with E-state index in [0.717, 1.165) is 35.2 Å². The lowest BCUT2D eigenvalue weighted by molar-refractivity contribution is -0.134. The number of carbonyl (C=O) groups excluding carboxylic acids is 2. The molecule has 0 bridgehead atoms. The van der Waals surface area contributed by atoms with Gasteiger partial charge in [0, 0.05) is 23.8 Å². The van der Waals surface area contributed by atoms with Gasteiger partial charge in [0.2, 0.25) is 11.8 Å². The van der Waals surface area contributed by atoms with Crippen LogP contribution in [0.25, 0.3) is 0 Å². The smallest absolute Gasteiger partial charge is 0.243 e. The Kier molecular flexibility index (Phi) is 7.87. The van der Waals surface area contributed by atoms with E-state index in [2.05, 4.69) is 21.2 Å². The minimum Gasteiger partial charge on any atom is -0.378 e. The molecule has 1 heterocycles. The van der Waals surface area contributed by atoms with Gasteiger partial charge < -0.3 is 19.7 Å². The summed E-state index contributed by atoms with van der Waals surface area (Å²) in [6, 6.07) is 5.62. The summed E-state index contributed by atoms with van der Waals surface area (Å²) in [5.41, 5.74) is 1.70. The molecule has 0 radical (unpaired) electrons. The van der Waals surface area contributed by atoms with E-state index in [9.17, 15) is 9.59 Å². The fourth-order valence-electron chi connectivity index (χ4n) is 2.60. The third kappa shape index (κ3) is 6.76. The highest BCUT2D eigenvalue weighted by Gasteiger charge is 2.17. The molecule has 1 saturated heterocycles. The number of anilines is 1. The van der Waals surface area contributed by atoms with E-state index in [-0.39, 0.29) is 30.9 Å². The zero-order valence-corrected chi connectivity index (χ0v) is 16.3. The maximum atomic E-state index is 12.1. The van der Waals surface area contributed by atoms with E-state index in [1.165, 1.54) is 4.90 Å². The summed E-state index contributed by atoms with van der Waals surface area (Å²) >= 11 is 3.39. The molecule has 1 N–H and O–H groups in total. The zero-order chi connectivity index (χ0) is 18.2. The molecule has 0 saturated carbocycles. The Hall–Kier alpha value is -1.44. The van der Waals surface area contributed by atoms with Gasteiger partial charge in [-0.3, -0.25) is 9.59 Å². The number of nitrogens with zero attached hydrogens (tertiary/aromatic N) is 1. The van der Waals surface area contributed by atoms with Gasteiger partial charge in [-0.25, -0.2) is 0 Å². The van der Waals surface area contributed by atoms with E-state index >= 15 is 0 Å². The van der Waals surface area contributed by atoms with Crippen molar-refractivity contribution in [3.63, 3.8) is 0 Å². The fraction of sp³-hybridized carbons (Fsp3) is 0.556. The van der Waals surface area contributed by atoms with Gasteiger partial charge in [0.15, 0.2) is 0 Å². The zero-order valence-electron chi connectivity index (χ0n) is 14.7. The van der Waals surface area contributed by atoms with Crippen LogP contribution in [-0.4, -0.2) is 56.2 Å². The molecule has 1 atom stereocenters. The first-order chi connectivity index (χ1) is 12.0. The topological polar surface area (TPSA) is 67.9 Å². The summed E-state index contributed by atoms with van der Waals surface area (Å²) in [5, 5.41) is 2.83. The number of hydrogen-bond acceptors (Lipinski definition) is 4. The molecule has 138 valence electrons. The molecule has 0 aliphatic carbocycles. The molecule has 6 nitrogen and oxygen atoms in total. The normalized spacial score (nSPS) is 16.7. The quantitative estimate of drug-likeness (QED) is 0.666. The molecule has 0 aromatic heterocycles. The Bertz CT molecular complexity index is 603. The van der Waals surface area contributed by atoms with Gasteiger partial charge in [-0.05, 0) is 43.5 Å². The highest BCUT2D eigenvalue weighted by atomic mass is 79.9. The number of halogens is 1. The fourth-order valence-corrected chi connectivity index (χ4v) is 3.08. The largest absolute Gasteiger partial charge is 0.378 e. The number of likely N-dealkylation sites (N-methyl/N-ethyl adjacent to an activating group) is 1. The standard InChI is InChI=1S/C18H25BrN2O4/c1-13-10-14(19)5-6-16(13)20-17(22)11-21(2)18(23)7-9-24-12-15-4-3-8-25-15/h5-6,10,15H,3-4,7-9,11-12H2,1-2H3,(H,20,22). The van der Waals surface area contributed by atoms with Gasteiger partial charge in [0.05, 0.1) is 32.3 Å².